The van der Waals surface area contributed by atoms with Crippen LogP contribution in [0.5, 0.6) is 0 Å². The highest BCUT2D eigenvalue weighted by molar-refractivity contribution is 5.94. The van der Waals surface area contributed by atoms with Crippen LogP contribution in [0, 0.1) is 6.92 Å². The predicted octanol–water partition coefficient (Wildman–Crippen LogP) is 1.42. The van der Waals surface area contributed by atoms with Gasteiger partial charge in [0.15, 0.2) is 5.69 Å². The minimum absolute atomic E-state index is 0.226. The lowest BCUT2D eigenvalue weighted by atomic mass is 10.3. The summed E-state index contributed by atoms with van der Waals surface area (Å²) in [4.78, 5) is 29.2. The molecule has 0 bridgehead atoms. The summed E-state index contributed by atoms with van der Waals surface area (Å²) < 4.78 is 6.01. The van der Waals surface area contributed by atoms with E-state index in [0.717, 1.165) is 12.8 Å². The molecule has 0 aliphatic carbocycles. The molecule has 21 heavy (non-hydrogen) atoms. The number of nitrogens with one attached hydrogen (secondary N) is 2. The number of hydrogen-bond acceptors (Lipinski definition) is 5. The summed E-state index contributed by atoms with van der Waals surface area (Å²) in [5.41, 5.74) is 3.36. The normalized spacial score (nSPS) is 10.1. The van der Waals surface area contributed by atoms with Gasteiger partial charge in [0, 0.05) is 20.6 Å². The first-order valence-corrected chi connectivity index (χ1v) is 6.82. The average molecular weight is 297 g/mol. The van der Waals surface area contributed by atoms with Crippen molar-refractivity contribution in [2.24, 2.45) is 0 Å². The van der Waals surface area contributed by atoms with E-state index in [1.165, 1.54) is 16.7 Å². The van der Waals surface area contributed by atoms with Crippen LogP contribution in [0.4, 0.5) is 10.7 Å². The van der Waals surface area contributed by atoms with Gasteiger partial charge < -0.3 is 15.0 Å². The highest BCUT2D eigenvalue weighted by Gasteiger charge is 2.22. The van der Waals surface area contributed by atoms with Crippen LogP contribution in [0.2, 0.25) is 0 Å². The number of nitrogens with zero attached hydrogens (tertiary/aromatic N) is 3. The molecule has 8 nitrogen and oxygen atoms in total. The zero-order chi connectivity index (χ0) is 16.0. The minimum atomic E-state index is -0.627. The number of hydrogen-bond donors (Lipinski definition) is 2. The SMILES string of the molecule is CCCCNc1nc(C(=O)N(C)C)c(C)n1NC(=O)OC. The molecule has 2 amide bonds. The Morgan fingerprint density at radius 1 is 1.38 bits per heavy atom. The van der Waals surface area contributed by atoms with Crippen molar-refractivity contribution in [3.05, 3.63) is 11.4 Å². The Bertz CT molecular complexity index is 510. The van der Waals surface area contributed by atoms with Gasteiger partial charge in [0.25, 0.3) is 5.91 Å². The summed E-state index contributed by atoms with van der Waals surface area (Å²) in [5, 5.41) is 3.11. The molecule has 1 aromatic heterocycles. The number of carbonyl (C=O) groups is 2. The third-order valence-corrected chi connectivity index (χ3v) is 2.92. The summed E-state index contributed by atoms with van der Waals surface area (Å²) in [6.45, 7) is 4.49. The first kappa shape index (κ1) is 16.8. The molecule has 1 heterocycles. The van der Waals surface area contributed by atoms with E-state index in [2.05, 4.69) is 27.4 Å². The van der Waals surface area contributed by atoms with Gasteiger partial charge in [-0.1, -0.05) is 13.3 Å². The second-order valence-corrected chi connectivity index (χ2v) is 4.79. The van der Waals surface area contributed by atoms with E-state index in [1.807, 2.05) is 0 Å². The second kappa shape index (κ2) is 7.51. The van der Waals surface area contributed by atoms with Gasteiger partial charge in [-0.3, -0.25) is 4.79 Å². The highest BCUT2D eigenvalue weighted by atomic mass is 16.5. The Hall–Kier alpha value is -2.25. The number of carbonyl (C=O) groups excluding carboxylic acids is 2. The van der Waals surface area contributed by atoms with Crippen LogP contribution in [0.1, 0.15) is 35.9 Å². The summed E-state index contributed by atoms with van der Waals surface area (Å²) in [5.74, 6) is 0.188. The Kier molecular flexibility index (Phi) is 6.01. The van der Waals surface area contributed by atoms with Crippen LogP contribution >= 0.6 is 0 Å². The molecule has 0 unspecified atom stereocenters. The molecule has 0 aliphatic rings. The summed E-state index contributed by atoms with van der Waals surface area (Å²) in [6.07, 6.45) is 1.36. The van der Waals surface area contributed by atoms with E-state index < -0.39 is 6.09 Å². The molecule has 1 rings (SSSR count). The van der Waals surface area contributed by atoms with Gasteiger partial charge >= 0.3 is 6.09 Å². The van der Waals surface area contributed by atoms with Crippen LogP contribution in [-0.2, 0) is 4.74 Å². The van der Waals surface area contributed by atoms with Crippen molar-refractivity contribution < 1.29 is 14.3 Å². The number of amides is 2. The van der Waals surface area contributed by atoms with Crippen LogP contribution in [0.15, 0.2) is 0 Å². The Labute approximate surface area is 124 Å². The Morgan fingerprint density at radius 2 is 2.05 bits per heavy atom. The lowest BCUT2D eigenvalue weighted by Gasteiger charge is -2.12. The second-order valence-electron chi connectivity index (χ2n) is 4.79. The van der Waals surface area contributed by atoms with Crippen LogP contribution in [-0.4, -0.2) is 54.3 Å². The first-order valence-electron chi connectivity index (χ1n) is 6.82. The van der Waals surface area contributed by atoms with E-state index in [0.29, 0.717) is 18.2 Å². The van der Waals surface area contributed by atoms with Crippen molar-refractivity contribution >= 4 is 17.9 Å². The van der Waals surface area contributed by atoms with Gasteiger partial charge in [0.05, 0.1) is 12.8 Å². The Balaban J connectivity index is 3.10. The number of aromatic nitrogens is 2. The lowest BCUT2D eigenvalue weighted by molar-refractivity contribution is 0.0821. The number of imidazole rings is 1. The monoisotopic (exact) mass is 297 g/mol. The molecular weight excluding hydrogens is 274 g/mol. The maximum Gasteiger partial charge on any atom is 0.426 e. The quantitative estimate of drug-likeness (QED) is 0.775. The van der Waals surface area contributed by atoms with Crippen LogP contribution in [0.25, 0.3) is 0 Å². The molecule has 8 heteroatoms. The van der Waals surface area contributed by atoms with Gasteiger partial charge in [-0.2, -0.15) is 0 Å². The maximum absolute atomic E-state index is 12.1. The van der Waals surface area contributed by atoms with Crippen molar-refractivity contribution in [1.82, 2.24) is 14.6 Å². The topological polar surface area (TPSA) is 88.5 Å². The predicted molar refractivity (Wildman–Crippen MR) is 80.1 cm³/mol. The lowest BCUT2D eigenvalue weighted by Crippen LogP contribution is -2.26. The maximum atomic E-state index is 12.1. The van der Waals surface area contributed by atoms with E-state index in [-0.39, 0.29) is 11.6 Å². The molecule has 0 radical (unpaired) electrons. The zero-order valence-electron chi connectivity index (χ0n) is 13.2. The first-order chi connectivity index (χ1) is 9.92. The molecule has 0 saturated carbocycles. The molecule has 0 fully saturated rings. The van der Waals surface area contributed by atoms with Crippen molar-refractivity contribution in [2.45, 2.75) is 26.7 Å². The molecule has 0 aromatic carbocycles. The fourth-order valence-corrected chi connectivity index (χ4v) is 1.69. The molecule has 1 aromatic rings. The van der Waals surface area contributed by atoms with Crippen LogP contribution in [0.3, 0.4) is 0 Å². The molecule has 118 valence electrons. The molecule has 0 spiro atoms. The van der Waals surface area contributed by atoms with E-state index in [9.17, 15) is 9.59 Å². The number of ether oxygens (including phenoxy) is 1. The van der Waals surface area contributed by atoms with E-state index >= 15 is 0 Å². The standard InChI is InChI=1S/C13H23N5O3/c1-6-7-8-14-12-15-10(11(19)17(3)4)9(2)18(12)16-13(20)21-5/h6-8H2,1-5H3,(H,14,15)(H,16,20). The van der Waals surface area contributed by atoms with Gasteiger partial charge in [0.2, 0.25) is 5.95 Å². The van der Waals surface area contributed by atoms with Gasteiger partial charge in [-0.25, -0.2) is 19.9 Å². The largest absolute Gasteiger partial charge is 0.452 e. The van der Waals surface area contributed by atoms with Crippen LogP contribution < -0.4 is 10.7 Å². The fraction of sp³-hybridized carbons (Fsp3) is 0.615. The van der Waals surface area contributed by atoms with Gasteiger partial charge in [-0.05, 0) is 13.3 Å². The van der Waals surface area contributed by atoms with Crippen molar-refractivity contribution in [3.63, 3.8) is 0 Å². The molecule has 0 atom stereocenters. The van der Waals surface area contributed by atoms with E-state index in [1.54, 1.807) is 21.0 Å². The Morgan fingerprint density at radius 3 is 2.57 bits per heavy atom. The van der Waals surface area contributed by atoms with Crippen molar-refractivity contribution in [2.75, 3.05) is 38.5 Å². The number of unbranched alkanes of at least 4 members (excludes halogenated alkanes) is 1. The minimum Gasteiger partial charge on any atom is -0.452 e. The highest BCUT2D eigenvalue weighted by Crippen LogP contribution is 2.15. The number of anilines is 1. The van der Waals surface area contributed by atoms with E-state index in [4.69, 9.17) is 0 Å². The smallest absolute Gasteiger partial charge is 0.426 e. The molecule has 0 saturated heterocycles. The molecule has 0 aliphatic heterocycles. The summed E-state index contributed by atoms with van der Waals surface area (Å²) in [6, 6.07) is 0. The number of rotatable bonds is 6. The number of methoxy groups -OCH3 is 1. The molecule has 2 N–H and O–H groups in total. The van der Waals surface area contributed by atoms with Crippen molar-refractivity contribution in [3.8, 4) is 0 Å². The summed E-state index contributed by atoms with van der Waals surface area (Å²) >= 11 is 0. The molecular formula is C13H23N5O3. The van der Waals surface area contributed by atoms with Gasteiger partial charge in [0.1, 0.15) is 0 Å². The summed E-state index contributed by atoms with van der Waals surface area (Å²) in [7, 11) is 4.58. The third-order valence-electron chi connectivity index (χ3n) is 2.92. The van der Waals surface area contributed by atoms with Crippen molar-refractivity contribution in [1.29, 1.82) is 0 Å². The third kappa shape index (κ3) is 4.11. The average Bonchev–Trinajstić information content (AvgIpc) is 2.75. The fourth-order valence-electron chi connectivity index (χ4n) is 1.69. The zero-order valence-corrected chi connectivity index (χ0v) is 13.2. The van der Waals surface area contributed by atoms with Gasteiger partial charge in [-0.15, -0.1) is 0 Å².